The summed E-state index contributed by atoms with van der Waals surface area (Å²) >= 11 is 8.24. The Hall–Kier alpha value is -3.47. The smallest absolute Gasteiger partial charge is 0.246 e. The van der Waals surface area contributed by atoms with Crippen LogP contribution in [0.3, 0.4) is 0 Å². The molecular formula is C30H30ClF2N5O2S. The topological polar surface area (TPSA) is 92.6 Å². The normalized spacial score (nSPS) is 19.2. The monoisotopic (exact) mass is 597 g/mol. The van der Waals surface area contributed by atoms with Crippen molar-refractivity contribution in [3.8, 4) is 11.1 Å². The minimum absolute atomic E-state index is 0.00748. The summed E-state index contributed by atoms with van der Waals surface area (Å²) in [6, 6.07) is 7.03. The first-order valence-electron chi connectivity index (χ1n) is 13.2. The molecule has 2 aliphatic rings. The SMILES string of the molecule is C=CC(=O)N1CC(C)N2C(=N)c3c(Nc4c(C)ccnc4C(C)O)c(F)c(-c4ccccc4F)c(Cl)c3SCC2C1. The van der Waals surface area contributed by atoms with Crippen molar-refractivity contribution in [3.63, 3.8) is 0 Å². The number of nitrogens with zero attached hydrogens (tertiary/aromatic N) is 3. The highest BCUT2D eigenvalue weighted by molar-refractivity contribution is 7.99. The van der Waals surface area contributed by atoms with Gasteiger partial charge in [0.05, 0.1) is 39.8 Å². The van der Waals surface area contributed by atoms with Gasteiger partial charge in [0.2, 0.25) is 5.91 Å². The third-order valence-electron chi connectivity index (χ3n) is 7.50. The Labute approximate surface area is 246 Å². The fourth-order valence-electron chi connectivity index (χ4n) is 5.57. The van der Waals surface area contributed by atoms with Crippen LogP contribution in [-0.4, -0.2) is 62.6 Å². The molecule has 3 atom stereocenters. The number of rotatable bonds is 5. The molecule has 0 aliphatic carbocycles. The molecule has 2 aliphatic heterocycles. The van der Waals surface area contributed by atoms with Crippen LogP contribution in [0.25, 0.3) is 11.1 Å². The molecule has 1 amide bonds. The zero-order valence-electron chi connectivity index (χ0n) is 22.8. The van der Waals surface area contributed by atoms with Crippen LogP contribution in [0.5, 0.6) is 0 Å². The van der Waals surface area contributed by atoms with E-state index in [0.29, 0.717) is 40.7 Å². The van der Waals surface area contributed by atoms with Crippen LogP contribution < -0.4 is 5.32 Å². The standard InChI is InChI=1S/C30H30ClF2N5O2S/c1-5-21(40)37-12-16(3)38-18(13-37)14-41-29-23(30(38)34)28(36-26-15(2)10-11-35-27(26)17(4)39)25(33)22(24(29)31)19-8-6-7-9-20(19)32/h5-11,16-18,34,36,39H,1,12-14H2,2-4H3. The number of amides is 1. The number of aryl methyl sites for hydroxylation is 1. The quantitative estimate of drug-likeness (QED) is 0.299. The number of hydrogen-bond donors (Lipinski definition) is 3. The minimum atomic E-state index is -0.967. The molecular weight excluding hydrogens is 568 g/mol. The molecule has 214 valence electrons. The minimum Gasteiger partial charge on any atom is -0.387 e. The second kappa shape index (κ2) is 11.4. The fourth-order valence-corrected chi connectivity index (χ4v) is 7.21. The van der Waals surface area contributed by atoms with Gasteiger partial charge in [-0.1, -0.05) is 36.4 Å². The van der Waals surface area contributed by atoms with Gasteiger partial charge in [-0.3, -0.25) is 15.2 Å². The van der Waals surface area contributed by atoms with Crippen molar-refractivity contribution in [1.29, 1.82) is 5.41 Å². The molecule has 3 N–H and O–H groups in total. The summed E-state index contributed by atoms with van der Waals surface area (Å²) in [6.07, 6.45) is 1.86. The van der Waals surface area contributed by atoms with Gasteiger partial charge in [0.25, 0.3) is 0 Å². The molecule has 1 saturated heterocycles. The Morgan fingerprint density at radius 3 is 2.68 bits per heavy atom. The van der Waals surface area contributed by atoms with Gasteiger partial charge in [0.1, 0.15) is 11.7 Å². The first-order chi connectivity index (χ1) is 19.5. The van der Waals surface area contributed by atoms with E-state index in [4.69, 9.17) is 11.6 Å². The Balaban J connectivity index is 1.75. The van der Waals surface area contributed by atoms with Crippen molar-refractivity contribution in [1.82, 2.24) is 14.8 Å². The third kappa shape index (κ3) is 5.09. The van der Waals surface area contributed by atoms with Crippen molar-refractivity contribution < 1.29 is 18.7 Å². The fraction of sp³-hybridized carbons (Fsp3) is 0.300. The number of thioether (sulfide) groups is 1. The molecule has 3 unspecified atom stereocenters. The molecule has 7 nitrogen and oxygen atoms in total. The van der Waals surface area contributed by atoms with Gasteiger partial charge in [0, 0.05) is 47.1 Å². The maximum Gasteiger partial charge on any atom is 0.246 e. The number of benzene rings is 2. The van der Waals surface area contributed by atoms with E-state index < -0.39 is 17.7 Å². The van der Waals surface area contributed by atoms with Crippen LogP contribution in [0.15, 0.2) is 54.1 Å². The third-order valence-corrected chi connectivity index (χ3v) is 9.24. The van der Waals surface area contributed by atoms with Crippen LogP contribution in [-0.2, 0) is 4.79 Å². The van der Waals surface area contributed by atoms with Crippen LogP contribution in [0, 0.1) is 24.0 Å². The lowest BCUT2D eigenvalue weighted by atomic mass is 9.97. The predicted molar refractivity (Wildman–Crippen MR) is 159 cm³/mol. The number of nitrogens with one attached hydrogen (secondary N) is 2. The van der Waals surface area contributed by atoms with Gasteiger partial charge in [0.15, 0.2) is 5.82 Å². The van der Waals surface area contributed by atoms with Crippen molar-refractivity contribution >= 4 is 46.5 Å². The van der Waals surface area contributed by atoms with E-state index in [2.05, 4.69) is 16.9 Å². The van der Waals surface area contributed by atoms with Crippen LogP contribution in [0.4, 0.5) is 20.2 Å². The second-order valence-corrected chi connectivity index (χ2v) is 11.7. The number of carbonyl (C=O) groups excluding carboxylic acids is 1. The van der Waals surface area contributed by atoms with Crippen LogP contribution in [0.1, 0.15) is 36.8 Å². The number of aliphatic hydroxyl groups is 1. The highest BCUT2D eigenvalue weighted by Gasteiger charge is 2.41. The zero-order chi connectivity index (χ0) is 29.6. The maximum absolute atomic E-state index is 16.8. The average molecular weight is 598 g/mol. The highest BCUT2D eigenvalue weighted by atomic mass is 35.5. The van der Waals surface area contributed by atoms with E-state index in [1.807, 2.05) is 11.8 Å². The lowest BCUT2D eigenvalue weighted by Gasteiger charge is -2.46. The lowest BCUT2D eigenvalue weighted by molar-refractivity contribution is -0.129. The molecule has 3 heterocycles. The van der Waals surface area contributed by atoms with Crippen molar-refractivity contribution in [2.45, 2.75) is 43.9 Å². The number of fused-ring (bicyclic) bond motifs is 2. The van der Waals surface area contributed by atoms with E-state index >= 15 is 8.78 Å². The van der Waals surface area contributed by atoms with Gasteiger partial charge in [-0.2, -0.15) is 0 Å². The molecule has 3 aromatic rings. The Kier molecular flexibility index (Phi) is 8.09. The number of halogens is 3. The Morgan fingerprint density at radius 2 is 2.00 bits per heavy atom. The summed E-state index contributed by atoms with van der Waals surface area (Å²) in [5.74, 6) is -1.17. The molecule has 41 heavy (non-hydrogen) atoms. The number of aromatic nitrogens is 1. The number of hydrogen-bond acceptors (Lipinski definition) is 6. The van der Waals surface area contributed by atoms with E-state index in [1.54, 1.807) is 37.1 Å². The van der Waals surface area contributed by atoms with Gasteiger partial charge in [-0.05, 0) is 44.5 Å². The number of carbonyl (C=O) groups is 1. The molecule has 1 fully saturated rings. The van der Waals surface area contributed by atoms with E-state index in [-0.39, 0.29) is 51.2 Å². The van der Waals surface area contributed by atoms with E-state index in [0.717, 1.165) is 0 Å². The second-order valence-electron chi connectivity index (χ2n) is 10.3. The summed E-state index contributed by atoms with van der Waals surface area (Å²) in [7, 11) is 0. The first kappa shape index (κ1) is 29.0. The van der Waals surface area contributed by atoms with Crippen molar-refractivity contribution in [2.24, 2.45) is 0 Å². The summed E-state index contributed by atoms with van der Waals surface area (Å²) in [5.41, 5.74) is 1.43. The van der Waals surface area contributed by atoms with Gasteiger partial charge >= 0.3 is 0 Å². The summed E-state index contributed by atoms with van der Waals surface area (Å²) < 4.78 is 31.9. The molecule has 0 saturated carbocycles. The Bertz CT molecular complexity index is 1570. The lowest BCUT2D eigenvalue weighted by Crippen LogP contribution is -2.61. The number of pyridine rings is 1. The summed E-state index contributed by atoms with van der Waals surface area (Å²) in [6.45, 7) is 9.60. The molecule has 0 radical (unpaired) electrons. The molecule has 0 bridgehead atoms. The number of amidine groups is 1. The largest absolute Gasteiger partial charge is 0.387 e. The van der Waals surface area contributed by atoms with E-state index in [1.165, 1.54) is 36.0 Å². The van der Waals surface area contributed by atoms with Crippen LogP contribution >= 0.6 is 23.4 Å². The molecule has 11 heteroatoms. The summed E-state index contributed by atoms with van der Waals surface area (Å²) in [5, 5.41) is 23.0. The summed E-state index contributed by atoms with van der Waals surface area (Å²) in [4.78, 5) is 20.8. The van der Waals surface area contributed by atoms with Gasteiger partial charge < -0.3 is 20.2 Å². The molecule has 1 aromatic heterocycles. The number of piperazine rings is 1. The van der Waals surface area contributed by atoms with Gasteiger partial charge in [-0.15, -0.1) is 11.8 Å². The molecule has 5 rings (SSSR count). The maximum atomic E-state index is 16.8. The Morgan fingerprint density at radius 1 is 1.27 bits per heavy atom. The van der Waals surface area contributed by atoms with Crippen LogP contribution in [0.2, 0.25) is 5.02 Å². The highest BCUT2D eigenvalue weighted by Crippen LogP contribution is 2.49. The van der Waals surface area contributed by atoms with Gasteiger partial charge in [-0.25, -0.2) is 8.78 Å². The zero-order valence-corrected chi connectivity index (χ0v) is 24.4. The molecule has 0 spiro atoms. The first-order valence-corrected chi connectivity index (χ1v) is 14.5. The average Bonchev–Trinajstić information content (AvgIpc) is 3.09. The predicted octanol–water partition coefficient (Wildman–Crippen LogP) is 6.30. The number of aliphatic hydroxyl groups excluding tert-OH is 1. The molecule has 2 aromatic carbocycles. The van der Waals surface area contributed by atoms with Crippen molar-refractivity contribution in [2.75, 3.05) is 24.2 Å². The van der Waals surface area contributed by atoms with Crippen molar-refractivity contribution in [3.05, 3.63) is 82.7 Å². The number of anilines is 2. The van der Waals surface area contributed by atoms with E-state index in [9.17, 15) is 15.3 Å².